The Balaban J connectivity index is 2.20. The van der Waals surface area contributed by atoms with Gasteiger partial charge < -0.3 is 15.4 Å². The molecule has 6 nitrogen and oxygen atoms in total. The largest absolute Gasteiger partial charge is 0.374 e. The van der Waals surface area contributed by atoms with Crippen molar-refractivity contribution in [2.75, 3.05) is 52.9 Å². The Morgan fingerprint density at radius 3 is 2.55 bits per heavy atom. The smallest absolute Gasteiger partial charge is 0.314 e. The van der Waals surface area contributed by atoms with Crippen LogP contribution in [0.2, 0.25) is 0 Å². The molecule has 0 aromatic heterocycles. The van der Waals surface area contributed by atoms with E-state index in [2.05, 4.69) is 41.3 Å². The van der Waals surface area contributed by atoms with Gasteiger partial charge in [0.05, 0.1) is 5.60 Å². The van der Waals surface area contributed by atoms with Gasteiger partial charge >= 0.3 is 6.03 Å². The molecule has 2 N–H and O–H groups in total. The number of ether oxygens (including phenoxy) is 1. The zero-order chi connectivity index (χ0) is 16.8. The Morgan fingerprint density at radius 2 is 1.95 bits per heavy atom. The number of amides is 2. The summed E-state index contributed by atoms with van der Waals surface area (Å²) in [6, 6.07) is -0.124. The predicted molar refractivity (Wildman–Crippen MR) is 90.3 cm³/mol. The highest BCUT2D eigenvalue weighted by Crippen LogP contribution is 2.18. The molecule has 2 amide bonds. The second-order valence-corrected chi connectivity index (χ2v) is 7.31. The molecule has 0 atom stereocenters. The van der Waals surface area contributed by atoms with E-state index in [0.717, 1.165) is 26.2 Å². The molecular weight excluding hydrogens is 280 g/mol. The van der Waals surface area contributed by atoms with Gasteiger partial charge in [-0.1, -0.05) is 0 Å². The van der Waals surface area contributed by atoms with Gasteiger partial charge in [0, 0.05) is 51.4 Å². The molecule has 0 aromatic rings. The minimum Gasteiger partial charge on any atom is -0.374 e. The summed E-state index contributed by atoms with van der Waals surface area (Å²) in [7, 11) is 2.17. The van der Waals surface area contributed by atoms with E-state index in [1.807, 2.05) is 20.8 Å². The zero-order valence-electron chi connectivity index (χ0n) is 15.2. The van der Waals surface area contributed by atoms with Gasteiger partial charge in [-0.3, -0.25) is 9.80 Å². The summed E-state index contributed by atoms with van der Waals surface area (Å²) >= 11 is 0. The Labute approximate surface area is 135 Å². The molecule has 0 aromatic carbocycles. The lowest BCUT2D eigenvalue weighted by Gasteiger charge is -2.45. The average Bonchev–Trinajstić information content (AvgIpc) is 2.40. The highest BCUT2D eigenvalue weighted by Gasteiger charge is 2.30. The van der Waals surface area contributed by atoms with E-state index in [-0.39, 0.29) is 17.2 Å². The zero-order valence-corrected chi connectivity index (χ0v) is 15.2. The van der Waals surface area contributed by atoms with Crippen LogP contribution in [0.5, 0.6) is 0 Å². The van der Waals surface area contributed by atoms with Crippen molar-refractivity contribution in [1.82, 2.24) is 20.4 Å². The van der Waals surface area contributed by atoms with E-state index in [1.54, 1.807) is 0 Å². The highest BCUT2D eigenvalue weighted by molar-refractivity contribution is 5.73. The van der Waals surface area contributed by atoms with Crippen LogP contribution in [0.15, 0.2) is 0 Å². The summed E-state index contributed by atoms with van der Waals surface area (Å²) in [6.45, 7) is 16.3. The summed E-state index contributed by atoms with van der Waals surface area (Å²) in [5.41, 5.74) is -0.129. The van der Waals surface area contributed by atoms with Gasteiger partial charge in [0.25, 0.3) is 0 Å². The summed E-state index contributed by atoms with van der Waals surface area (Å²) < 4.78 is 5.56. The van der Waals surface area contributed by atoms with Gasteiger partial charge in [0.15, 0.2) is 0 Å². The number of nitrogens with one attached hydrogen (secondary N) is 2. The van der Waals surface area contributed by atoms with Crippen LogP contribution in [-0.2, 0) is 4.74 Å². The molecule has 0 bridgehead atoms. The maximum atomic E-state index is 11.8. The number of carbonyl (C=O) groups excluding carboxylic acids is 1. The van der Waals surface area contributed by atoms with Crippen molar-refractivity contribution in [1.29, 1.82) is 0 Å². The standard InChI is InChI=1S/C16H34N4O2/c1-7-22-16(4,5)12-18-14(21)17-8-9-20-11-10-19(6)15(2,3)13-20/h7-13H2,1-6H3,(H2,17,18,21). The van der Waals surface area contributed by atoms with Crippen LogP contribution >= 0.6 is 0 Å². The van der Waals surface area contributed by atoms with Crippen molar-refractivity contribution in [2.24, 2.45) is 0 Å². The Morgan fingerprint density at radius 1 is 1.27 bits per heavy atom. The first kappa shape index (κ1) is 19.2. The van der Waals surface area contributed by atoms with Gasteiger partial charge in [-0.2, -0.15) is 0 Å². The maximum absolute atomic E-state index is 11.8. The summed E-state index contributed by atoms with van der Waals surface area (Å²) in [5, 5.41) is 5.79. The number of piperazine rings is 1. The molecule has 0 spiro atoms. The topological polar surface area (TPSA) is 56.8 Å². The quantitative estimate of drug-likeness (QED) is 0.739. The average molecular weight is 314 g/mol. The Bertz CT molecular complexity index is 358. The van der Waals surface area contributed by atoms with Crippen LogP contribution in [-0.4, -0.2) is 79.9 Å². The van der Waals surface area contributed by atoms with Crippen molar-refractivity contribution >= 4 is 6.03 Å². The number of rotatable bonds is 7. The molecule has 22 heavy (non-hydrogen) atoms. The third-order valence-electron chi connectivity index (χ3n) is 4.32. The first-order chi connectivity index (χ1) is 10.2. The fourth-order valence-corrected chi connectivity index (χ4v) is 2.66. The van der Waals surface area contributed by atoms with E-state index in [0.29, 0.717) is 19.7 Å². The van der Waals surface area contributed by atoms with Crippen molar-refractivity contribution in [2.45, 2.75) is 45.8 Å². The minimum absolute atomic E-state index is 0.124. The van der Waals surface area contributed by atoms with Crippen molar-refractivity contribution in [3.05, 3.63) is 0 Å². The molecule has 0 aliphatic carbocycles. The normalized spacial score (nSPS) is 19.9. The number of likely N-dealkylation sites (N-methyl/N-ethyl adjacent to an activating group) is 1. The number of urea groups is 1. The lowest BCUT2D eigenvalue weighted by atomic mass is 10.00. The van der Waals surface area contributed by atoms with Gasteiger partial charge in [-0.15, -0.1) is 0 Å². The Kier molecular flexibility index (Phi) is 7.09. The number of nitrogens with zero attached hydrogens (tertiary/aromatic N) is 2. The molecule has 0 radical (unpaired) electrons. The molecule has 1 aliphatic rings. The van der Waals surface area contributed by atoms with E-state index >= 15 is 0 Å². The van der Waals surface area contributed by atoms with Crippen LogP contribution in [0.25, 0.3) is 0 Å². The molecule has 1 rings (SSSR count). The lowest BCUT2D eigenvalue weighted by molar-refractivity contribution is -0.00693. The van der Waals surface area contributed by atoms with Crippen LogP contribution in [0.3, 0.4) is 0 Å². The van der Waals surface area contributed by atoms with E-state index in [4.69, 9.17) is 4.74 Å². The second-order valence-electron chi connectivity index (χ2n) is 7.31. The first-order valence-electron chi connectivity index (χ1n) is 8.25. The maximum Gasteiger partial charge on any atom is 0.314 e. The van der Waals surface area contributed by atoms with E-state index in [9.17, 15) is 4.79 Å². The van der Waals surface area contributed by atoms with Gasteiger partial charge in [-0.25, -0.2) is 4.79 Å². The van der Waals surface area contributed by atoms with Crippen LogP contribution < -0.4 is 10.6 Å². The fourth-order valence-electron chi connectivity index (χ4n) is 2.66. The van der Waals surface area contributed by atoms with Crippen molar-refractivity contribution in [3.63, 3.8) is 0 Å². The van der Waals surface area contributed by atoms with E-state index in [1.165, 1.54) is 0 Å². The first-order valence-corrected chi connectivity index (χ1v) is 8.25. The molecule has 1 heterocycles. The molecule has 6 heteroatoms. The predicted octanol–water partition coefficient (Wildman–Crippen LogP) is 1.13. The molecule has 1 aliphatic heterocycles. The molecule has 1 fully saturated rings. The molecule has 0 saturated carbocycles. The molecule has 0 unspecified atom stereocenters. The third kappa shape index (κ3) is 6.50. The summed E-state index contributed by atoms with van der Waals surface area (Å²) in [4.78, 5) is 16.6. The van der Waals surface area contributed by atoms with Crippen LogP contribution in [0, 0.1) is 0 Å². The summed E-state index contributed by atoms with van der Waals surface area (Å²) in [5.74, 6) is 0. The van der Waals surface area contributed by atoms with Crippen LogP contribution in [0.4, 0.5) is 4.79 Å². The molecule has 130 valence electrons. The Hall–Kier alpha value is -0.850. The van der Waals surface area contributed by atoms with Crippen molar-refractivity contribution in [3.8, 4) is 0 Å². The molecule has 1 saturated heterocycles. The fraction of sp³-hybridized carbons (Fsp3) is 0.938. The number of hydrogen-bond donors (Lipinski definition) is 2. The van der Waals surface area contributed by atoms with Gasteiger partial charge in [-0.05, 0) is 41.7 Å². The minimum atomic E-state index is -0.326. The van der Waals surface area contributed by atoms with Crippen LogP contribution in [0.1, 0.15) is 34.6 Å². The van der Waals surface area contributed by atoms with Crippen molar-refractivity contribution < 1.29 is 9.53 Å². The summed E-state index contributed by atoms with van der Waals surface area (Å²) in [6.07, 6.45) is 0. The highest BCUT2D eigenvalue weighted by atomic mass is 16.5. The van der Waals surface area contributed by atoms with Gasteiger partial charge in [0.2, 0.25) is 0 Å². The second kappa shape index (κ2) is 8.13. The lowest BCUT2D eigenvalue weighted by Crippen LogP contribution is -2.58. The van der Waals surface area contributed by atoms with Gasteiger partial charge in [0.1, 0.15) is 0 Å². The molecular formula is C16H34N4O2. The third-order valence-corrected chi connectivity index (χ3v) is 4.32. The number of carbonyl (C=O) groups is 1. The number of hydrogen-bond acceptors (Lipinski definition) is 4. The SMILES string of the molecule is CCOC(C)(C)CNC(=O)NCCN1CCN(C)C(C)(C)C1. The van der Waals surface area contributed by atoms with E-state index < -0.39 is 0 Å². The monoisotopic (exact) mass is 314 g/mol.